The molecule has 5 heteroatoms. The zero-order valence-corrected chi connectivity index (χ0v) is 11.8. The molecule has 0 radical (unpaired) electrons. The quantitative estimate of drug-likeness (QED) is 0.914. The zero-order chi connectivity index (χ0) is 14.0. The van der Waals surface area contributed by atoms with E-state index in [0.29, 0.717) is 18.2 Å². The van der Waals surface area contributed by atoms with Crippen molar-refractivity contribution in [1.82, 2.24) is 14.3 Å². The predicted molar refractivity (Wildman–Crippen MR) is 77.3 cm³/mol. The van der Waals surface area contributed by atoms with E-state index in [-0.39, 0.29) is 5.56 Å². The molecule has 0 atom stereocenters. The van der Waals surface area contributed by atoms with Crippen LogP contribution in [0.3, 0.4) is 0 Å². The van der Waals surface area contributed by atoms with E-state index < -0.39 is 0 Å². The molecule has 0 fully saturated rings. The van der Waals surface area contributed by atoms with Crippen molar-refractivity contribution >= 4 is 5.69 Å². The van der Waals surface area contributed by atoms with Crippen LogP contribution in [0.15, 0.2) is 29.5 Å². The molecule has 0 aliphatic rings. The van der Waals surface area contributed by atoms with Crippen molar-refractivity contribution in [2.75, 3.05) is 12.4 Å². The lowest BCUT2D eigenvalue weighted by Crippen LogP contribution is -2.24. The zero-order valence-electron chi connectivity index (χ0n) is 11.8. The molecular weight excluding hydrogens is 240 g/mol. The van der Waals surface area contributed by atoms with Gasteiger partial charge in [-0.05, 0) is 12.0 Å². The van der Waals surface area contributed by atoms with Gasteiger partial charge in [0.2, 0.25) is 0 Å². The van der Waals surface area contributed by atoms with Crippen molar-refractivity contribution in [1.29, 1.82) is 0 Å². The van der Waals surface area contributed by atoms with Gasteiger partial charge in [-0.3, -0.25) is 9.48 Å². The Hall–Kier alpha value is -2.04. The average Bonchev–Trinajstić information content (AvgIpc) is 2.78. The van der Waals surface area contributed by atoms with Crippen molar-refractivity contribution in [3.05, 3.63) is 35.0 Å². The molecule has 0 bridgehead atoms. The van der Waals surface area contributed by atoms with Crippen LogP contribution in [0.25, 0.3) is 11.1 Å². The molecule has 0 aliphatic heterocycles. The number of nitrogens with zero attached hydrogens (tertiary/aromatic N) is 3. The molecule has 5 nitrogen and oxygen atoms in total. The minimum absolute atomic E-state index is 0.0174. The molecule has 2 heterocycles. The number of hydrogen-bond donors (Lipinski definition) is 1. The summed E-state index contributed by atoms with van der Waals surface area (Å²) in [6.07, 6.45) is 5.65. The van der Waals surface area contributed by atoms with E-state index in [0.717, 1.165) is 11.1 Å². The summed E-state index contributed by atoms with van der Waals surface area (Å²) in [5.41, 5.74) is 2.64. The molecule has 2 aromatic heterocycles. The Labute approximate surface area is 112 Å². The second kappa shape index (κ2) is 5.30. The number of aryl methyl sites for hydroxylation is 1. The summed E-state index contributed by atoms with van der Waals surface area (Å²) >= 11 is 0. The van der Waals surface area contributed by atoms with Crippen molar-refractivity contribution in [3.8, 4) is 11.1 Å². The molecule has 0 amide bonds. The maximum Gasteiger partial charge on any atom is 0.273 e. The Morgan fingerprint density at radius 1 is 1.32 bits per heavy atom. The van der Waals surface area contributed by atoms with Crippen molar-refractivity contribution < 1.29 is 0 Å². The van der Waals surface area contributed by atoms with Gasteiger partial charge in [0.1, 0.15) is 5.69 Å². The molecule has 102 valence electrons. The highest BCUT2D eigenvalue weighted by Gasteiger charge is 2.09. The van der Waals surface area contributed by atoms with Gasteiger partial charge < -0.3 is 9.88 Å². The first-order valence-corrected chi connectivity index (χ1v) is 6.42. The lowest BCUT2D eigenvalue weighted by Gasteiger charge is -2.12. The Bertz CT molecular complexity index is 625. The van der Waals surface area contributed by atoms with Crippen LogP contribution in [0.1, 0.15) is 13.8 Å². The monoisotopic (exact) mass is 260 g/mol. The normalized spacial score (nSPS) is 11.0. The van der Waals surface area contributed by atoms with Gasteiger partial charge in [-0.1, -0.05) is 13.8 Å². The second-order valence-electron chi connectivity index (χ2n) is 5.15. The smallest absolute Gasteiger partial charge is 0.273 e. The van der Waals surface area contributed by atoms with E-state index in [4.69, 9.17) is 0 Å². The van der Waals surface area contributed by atoms with Crippen molar-refractivity contribution in [3.63, 3.8) is 0 Å². The first-order chi connectivity index (χ1) is 9.01. The molecule has 2 rings (SSSR count). The summed E-state index contributed by atoms with van der Waals surface area (Å²) in [5, 5.41) is 7.14. The standard InChI is InChI=1S/C14H20N4O/c1-10(2)7-18-9-11(5-13(15-3)14(18)19)12-6-16-17(4)8-12/h5-6,8-10,15H,7H2,1-4H3. The van der Waals surface area contributed by atoms with E-state index >= 15 is 0 Å². The van der Waals surface area contributed by atoms with E-state index in [1.165, 1.54) is 0 Å². The van der Waals surface area contributed by atoms with E-state index in [1.807, 2.05) is 25.5 Å². The van der Waals surface area contributed by atoms with E-state index in [2.05, 4.69) is 24.3 Å². The molecule has 0 saturated carbocycles. The number of anilines is 1. The van der Waals surface area contributed by atoms with E-state index in [1.54, 1.807) is 22.5 Å². The van der Waals surface area contributed by atoms with Crippen molar-refractivity contribution in [2.45, 2.75) is 20.4 Å². The van der Waals surface area contributed by atoms with E-state index in [9.17, 15) is 4.79 Å². The Balaban J connectivity index is 2.53. The summed E-state index contributed by atoms with van der Waals surface area (Å²) < 4.78 is 3.52. The molecule has 0 aromatic carbocycles. The van der Waals surface area contributed by atoms with Gasteiger partial charge in [-0.15, -0.1) is 0 Å². The molecule has 0 unspecified atom stereocenters. The number of aromatic nitrogens is 3. The molecule has 19 heavy (non-hydrogen) atoms. The minimum atomic E-state index is 0.0174. The van der Waals surface area contributed by atoms with Gasteiger partial charge in [0.15, 0.2) is 0 Å². The Kier molecular flexibility index (Phi) is 3.74. The lowest BCUT2D eigenvalue weighted by atomic mass is 10.1. The fraction of sp³-hybridized carbons (Fsp3) is 0.429. The molecule has 2 aromatic rings. The molecule has 1 N–H and O–H groups in total. The fourth-order valence-electron chi connectivity index (χ4n) is 2.07. The summed E-state index contributed by atoms with van der Waals surface area (Å²) in [6.45, 7) is 4.91. The lowest BCUT2D eigenvalue weighted by molar-refractivity contribution is 0.512. The third kappa shape index (κ3) is 2.86. The fourth-order valence-corrected chi connectivity index (χ4v) is 2.07. The van der Waals surface area contributed by atoms with Gasteiger partial charge in [-0.2, -0.15) is 5.10 Å². The summed E-state index contributed by atoms with van der Waals surface area (Å²) in [6, 6.07) is 1.87. The van der Waals surface area contributed by atoms with Gasteiger partial charge in [0.25, 0.3) is 5.56 Å². The van der Waals surface area contributed by atoms with Gasteiger partial charge in [0.05, 0.1) is 6.20 Å². The largest absolute Gasteiger partial charge is 0.384 e. The highest BCUT2D eigenvalue weighted by atomic mass is 16.1. The summed E-state index contributed by atoms with van der Waals surface area (Å²) in [7, 11) is 3.65. The average molecular weight is 260 g/mol. The Morgan fingerprint density at radius 3 is 2.58 bits per heavy atom. The van der Waals surface area contributed by atoms with Crippen LogP contribution in [0, 0.1) is 5.92 Å². The van der Waals surface area contributed by atoms with Gasteiger partial charge in [-0.25, -0.2) is 0 Å². The summed E-state index contributed by atoms with van der Waals surface area (Å²) in [4.78, 5) is 12.2. The third-order valence-electron chi connectivity index (χ3n) is 2.96. The molecular formula is C14H20N4O. The van der Waals surface area contributed by atoms with Gasteiger partial charge in [0, 0.05) is 44.2 Å². The predicted octanol–water partition coefficient (Wildman–Crippen LogP) is 1.95. The van der Waals surface area contributed by atoms with Crippen molar-refractivity contribution in [2.24, 2.45) is 13.0 Å². The maximum absolute atomic E-state index is 12.2. The second-order valence-corrected chi connectivity index (χ2v) is 5.15. The van der Waals surface area contributed by atoms with Gasteiger partial charge >= 0.3 is 0 Å². The maximum atomic E-state index is 12.2. The van der Waals surface area contributed by atoms with Crippen LogP contribution in [0.4, 0.5) is 5.69 Å². The number of rotatable bonds is 4. The van der Waals surface area contributed by atoms with Crippen LogP contribution in [0.5, 0.6) is 0 Å². The third-order valence-corrected chi connectivity index (χ3v) is 2.96. The highest BCUT2D eigenvalue weighted by molar-refractivity contribution is 5.65. The highest BCUT2D eigenvalue weighted by Crippen LogP contribution is 2.20. The molecule has 0 saturated heterocycles. The summed E-state index contributed by atoms with van der Waals surface area (Å²) in [5.74, 6) is 0.423. The topological polar surface area (TPSA) is 51.9 Å². The minimum Gasteiger partial charge on any atom is -0.384 e. The van der Waals surface area contributed by atoms with Crippen LogP contribution in [-0.2, 0) is 13.6 Å². The van der Waals surface area contributed by atoms with Crippen LogP contribution in [-0.4, -0.2) is 21.4 Å². The van der Waals surface area contributed by atoms with Crippen LogP contribution < -0.4 is 10.9 Å². The number of hydrogen-bond acceptors (Lipinski definition) is 3. The number of nitrogens with one attached hydrogen (secondary N) is 1. The first-order valence-electron chi connectivity index (χ1n) is 6.42. The number of pyridine rings is 1. The Morgan fingerprint density at radius 2 is 2.05 bits per heavy atom. The molecule has 0 aliphatic carbocycles. The first kappa shape index (κ1) is 13.4. The molecule has 0 spiro atoms. The van der Waals surface area contributed by atoms with Crippen LogP contribution in [0.2, 0.25) is 0 Å². The van der Waals surface area contributed by atoms with Crippen LogP contribution >= 0.6 is 0 Å². The SMILES string of the molecule is CNc1cc(-c2cnn(C)c2)cn(CC(C)C)c1=O.